The molecule has 4 rings (SSSR count). The second-order valence-corrected chi connectivity index (χ2v) is 8.74. The van der Waals surface area contributed by atoms with E-state index in [4.69, 9.17) is 0 Å². The van der Waals surface area contributed by atoms with Crippen LogP contribution in [0.1, 0.15) is 62.5 Å². The minimum Gasteiger partial charge on any atom is -0.0845 e. The fourth-order valence-corrected chi connectivity index (χ4v) is 4.89. The molecule has 1 fully saturated rings. The summed E-state index contributed by atoms with van der Waals surface area (Å²) < 4.78 is 0. The Morgan fingerprint density at radius 2 is 1.27 bits per heavy atom. The van der Waals surface area contributed by atoms with Gasteiger partial charge in [-0.1, -0.05) is 86.0 Å². The number of hydrogen-bond acceptors (Lipinski definition) is 0. The standard InChI is InChI=1S/C26H32/c1-19-3-7-21(8-4-19)23-11-15-25(16-12-23)26-17-13-24(14-18-26)22-9-5-20(2)6-10-22/h3-4,7-8,11-13,15-17,20,22,24,26H,5-6,9-10,14,18H2,1-2H3. The lowest BCUT2D eigenvalue weighted by Gasteiger charge is -2.34. The number of rotatable bonds is 3. The van der Waals surface area contributed by atoms with Crippen LogP contribution in [0.25, 0.3) is 11.1 Å². The Hall–Kier alpha value is -1.82. The van der Waals surface area contributed by atoms with Crippen LogP contribution in [-0.2, 0) is 0 Å². The molecule has 0 saturated heterocycles. The van der Waals surface area contributed by atoms with Crippen molar-refractivity contribution in [3.8, 4) is 11.1 Å². The summed E-state index contributed by atoms with van der Waals surface area (Å²) in [6.45, 7) is 4.56. The quantitative estimate of drug-likeness (QED) is 0.504. The molecular formula is C26H32. The fourth-order valence-electron chi connectivity index (χ4n) is 4.89. The maximum atomic E-state index is 2.56. The molecule has 136 valence electrons. The molecule has 26 heavy (non-hydrogen) atoms. The molecule has 0 amide bonds. The summed E-state index contributed by atoms with van der Waals surface area (Å²) in [5, 5.41) is 0. The van der Waals surface area contributed by atoms with Gasteiger partial charge >= 0.3 is 0 Å². The monoisotopic (exact) mass is 344 g/mol. The number of allylic oxidation sites excluding steroid dienone is 2. The topological polar surface area (TPSA) is 0 Å². The first-order chi connectivity index (χ1) is 12.7. The van der Waals surface area contributed by atoms with E-state index >= 15 is 0 Å². The molecular weight excluding hydrogens is 312 g/mol. The van der Waals surface area contributed by atoms with E-state index in [2.05, 4.69) is 74.5 Å². The third kappa shape index (κ3) is 3.95. The molecule has 0 heteroatoms. The van der Waals surface area contributed by atoms with Crippen molar-refractivity contribution in [3.05, 3.63) is 71.8 Å². The van der Waals surface area contributed by atoms with Gasteiger partial charge < -0.3 is 0 Å². The molecule has 0 aromatic heterocycles. The first kappa shape index (κ1) is 17.6. The third-order valence-electron chi connectivity index (χ3n) is 6.79. The zero-order chi connectivity index (χ0) is 17.9. The van der Waals surface area contributed by atoms with Gasteiger partial charge in [-0.15, -0.1) is 0 Å². The van der Waals surface area contributed by atoms with Crippen molar-refractivity contribution in [2.75, 3.05) is 0 Å². The molecule has 2 aromatic carbocycles. The average molecular weight is 345 g/mol. The summed E-state index contributed by atoms with van der Waals surface area (Å²) in [4.78, 5) is 0. The number of hydrogen-bond donors (Lipinski definition) is 0. The van der Waals surface area contributed by atoms with Gasteiger partial charge in [0.05, 0.1) is 0 Å². The van der Waals surface area contributed by atoms with Crippen LogP contribution < -0.4 is 0 Å². The Bertz CT molecular complexity index is 727. The van der Waals surface area contributed by atoms with Gasteiger partial charge in [-0.25, -0.2) is 0 Å². The molecule has 0 spiro atoms. The Labute approximate surface area is 159 Å². The lowest BCUT2D eigenvalue weighted by Crippen LogP contribution is -2.22. The minimum atomic E-state index is 0.612. The van der Waals surface area contributed by atoms with Crippen molar-refractivity contribution >= 4 is 0 Å². The van der Waals surface area contributed by atoms with Crippen LogP contribution in [0.5, 0.6) is 0 Å². The smallest absolute Gasteiger partial charge is 0.00182 e. The van der Waals surface area contributed by atoms with Crippen molar-refractivity contribution in [1.82, 2.24) is 0 Å². The van der Waals surface area contributed by atoms with Gasteiger partial charge in [-0.05, 0) is 67.1 Å². The van der Waals surface area contributed by atoms with Gasteiger partial charge in [0.2, 0.25) is 0 Å². The molecule has 0 heterocycles. The molecule has 0 aliphatic heterocycles. The second kappa shape index (κ2) is 7.82. The van der Waals surface area contributed by atoms with Crippen LogP contribution in [-0.4, -0.2) is 0 Å². The van der Waals surface area contributed by atoms with Gasteiger partial charge in [-0.2, -0.15) is 0 Å². The van der Waals surface area contributed by atoms with Crippen LogP contribution in [0.3, 0.4) is 0 Å². The summed E-state index contributed by atoms with van der Waals surface area (Å²) in [5.74, 6) is 3.36. The Kier molecular flexibility index (Phi) is 5.29. The van der Waals surface area contributed by atoms with E-state index < -0.39 is 0 Å². The summed E-state index contributed by atoms with van der Waals surface area (Å²) in [5.41, 5.74) is 5.43. The summed E-state index contributed by atoms with van der Waals surface area (Å²) in [6, 6.07) is 18.1. The zero-order valence-corrected chi connectivity index (χ0v) is 16.3. The average Bonchev–Trinajstić information content (AvgIpc) is 2.70. The maximum Gasteiger partial charge on any atom is 0.00182 e. The summed E-state index contributed by atoms with van der Waals surface area (Å²) in [7, 11) is 0. The van der Waals surface area contributed by atoms with Crippen molar-refractivity contribution in [2.45, 2.75) is 58.3 Å². The van der Waals surface area contributed by atoms with Gasteiger partial charge in [0.25, 0.3) is 0 Å². The van der Waals surface area contributed by atoms with Gasteiger partial charge in [0, 0.05) is 5.92 Å². The summed E-state index contributed by atoms with van der Waals surface area (Å²) in [6.07, 6.45) is 13.5. The zero-order valence-electron chi connectivity index (χ0n) is 16.3. The number of benzene rings is 2. The predicted molar refractivity (Wildman–Crippen MR) is 112 cm³/mol. The van der Waals surface area contributed by atoms with Crippen LogP contribution in [0.4, 0.5) is 0 Å². The maximum absolute atomic E-state index is 2.56. The van der Waals surface area contributed by atoms with Crippen LogP contribution >= 0.6 is 0 Å². The normalized spacial score (nSPS) is 28.8. The molecule has 0 bridgehead atoms. The summed E-state index contributed by atoms with van der Waals surface area (Å²) >= 11 is 0. The third-order valence-corrected chi connectivity index (χ3v) is 6.79. The van der Waals surface area contributed by atoms with Gasteiger partial charge in [0.15, 0.2) is 0 Å². The second-order valence-electron chi connectivity index (χ2n) is 8.74. The molecule has 0 radical (unpaired) electrons. The highest BCUT2D eigenvalue weighted by Gasteiger charge is 2.27. The molecule has 2 aliphatic rings. The highest BCUT2D eigenvalue weighted by molar-refractivity contribution is 5.64. The van der Waals surface area contributed by atoms with Crippen molar-refractivity contribution in [1.29, 1.82) is 0 Å². The van der Waals surface area contributed by atoms with E-state index in [1.807, 2.05) is 0 Å². The Morgan fingerprint density at radius 1 is 0.654 bits per heavy atom. The van der Waals surface area contributed by atoms with E-state index in [1.54, 1.807) is 0 Å². The lowest BCUT2D eigenvalue weighted by molar-refractivity contribution is 0.225. The Morgan fingerprint density at radius 3 is 1.85 bits per heavy atom. The highest BCUT2D eigenvalue weighted by Crippen LogP contribution is 2.40. The van der Waals surface area contributed by atoms with Crippen LogP contribution in [0.15, 0.2) is 60.7 Å². The van der Waals surface area contributed by atoms with Gasteiger partial charge in [0.1, 0.15) is 0 Å². The van der Waals surface area contributed by atoms with Crippen LogP contribution in [0.2, 0.25) is 0 Å². The van der Waals surface area contributed by atoms with Gasteiger partial charge in [-0.3, -0.25) is 0 Å². The molecule has 0 N–H and O–H groups in total. The first-order valence-electron chi connectivity index (χ1n) is 10.5. The Balaban J connectivity index is 1.41. The minimum absolute atomic E-state index is 0.612. The largest absolute Gasteiger partial charge is 0.0845 e. The predicted octanol–water partition coefficient (Wildman–Crippen LogP) is 7.54. The lowest BCUT2D eigenvalue weighted by atomic mass is 9.71. The molecule has 2 aromatic rings. The molecule has 2 aliphatic carbocycles. The van der Waals surface area contributed by atoms with E-state index in [9.17, 15) is 0 Å². The molecule has 2 atom stereocenters. The molecule has 0 nitrogen and oxygen atoms in total. The SMILES string of the molecule is Cc1ccc(-c2ccc(C3C=CC(C4CCC(C)CC4)CC3)cc2)cc1. The molecule has 2 unspecified atom stereocenters. The van der Waals surface area contributed by atoms with Crippen molar-refractivity contribution < 1.29 is 0 Å². The van der Waals surface area contributed by atoms with E-state index in [0.29, 0.717) is 5.92 Å². The number of aryl methyl sites for hydroxylation is 1. The first-order valence-corrected chi connectivity index (χ1v) is 10.5. The van der Waals surface area contributed by atoms with Crippen molar-refractivity contribution in [2.24, 2.45) is 17.8 Å². The fraction of sp³-hybridized carbons (Fsp3) is 0.462. The molecule has 1 saturated carbocycles. The van der Waals surface area contributed by atoms with E-state index in [-0.39, 0.29) is 0 Å². The highest BCUT2D eigenvalue weighted by atomic mass is 14.3. The van der Waals surface area contributed by atoms with E-state index in [1.165, 1.54) is 60.8 Å². The van der Waals surface area contributed by atoms with Crippen molar-refractivity contribution in [3.63, 3.8) is 0 Å². The van der Waals surface area contributed by atoms with Crippen LogP contribution in [0, 0.1) is 24.7 Å². The van der Waals surface area contributed by atoms with E-state index in [0.717, 1.165) is 17.8 Å².